The lowest BCUT2D eigenvalue weighted by Gasteiger charge is -1.99. The molecule has 0 amide bonds. The number of hydrogen-bond donors (Lipinski definition) is 0. The predicted octanol–water partition coefficient (Wildman–Crippen LogP) is 2.99. The minimum absolute atomic E-state index is 0.657. The molecule has 2 heterocycles. The smallest absolute Gasteiger partial charge is 0.0840 e. The van der Waals surface area contributed by atoms with Gasteiger partial charge in [0.25, 0.3) is 0 Å². The minimum atomic E-state index is 0.657. The summed E-state index contributed by atoms with van der Waals surface area (Å²) < 4.78 is 2.62. The van der Waals surface area contributed by atoms with Crippen molar-refractivity contribution in [3.63, 3.8) is 0 Å². The molecule has 0 aliphatic heterocycles. The second-order valence-corrected chi connectivity index (χ2v) is 4.19. The van der Waals surface area contributed by atoms with Crippen LogP contribution < -0.4 is 0 Å². The Balaban J connectivity index is 2.49. The maximum absolute atomic E-state index is 5.90. The number of rotatable bonds is 1. The van der Waals surface area contributed by atoms with Gasteiger partial charge >= 0.3 is 0 Å². The summed E-state index contributed by atoms with van der Waals surface area (Å²) in [6.45, 7) is 1.87. The lowest BCUT2D eigenvalue weighted by atomic mass is 10.4. The molecule has 0 atom stereocenters. The summed E-state index contributed by atoms with van der Waals surface area (Å²) >= 11 is 9.25. The predicted molar refractivity (Wildman–Crippen MR) is 58.8 cm³/mol. The van der Waals surface area contributed by atoms with Gasteiger partial charge < -0.3 is 0 Å². The van der Waals surface area contributed by atoms with Gasteiger partial charge in [-0.25, -0.2) is 4.68 Å². The fraction of sp³-hybridized carbons (Fsp3) is 0.111. The van der Waals surface area contributed by atoms with E-state index in [0.29, 0.717) is 5.02 Å². The molecular weight excluding hydrogens is 265 g/mol. The van der Waals surface area contributed by atoms with Crippen molar-refractivity contribution in [1.29, 1.82) is 0 Å². The first-order valence-electron chi connectivity index (χ1n) is 3.99. The zero-order chi connectivity index (χ0) is 10.1. The molecule has 0 aliphatic carbocycles. The summed E-state index contributed by atoms with van der Waals surface area (Å²) in [6, 6.07) is 1.93. The summed E-state index contributed by atoms with van der Waals surface area (Å²) in [4.78, 5) is 4.05. The summed E-state index contributed by atoms with van der Waals surface area (Å²) in [6.07, 6.45) is 5.22. The van der Waals surface area contributed by atoms with Crippen LogP contribution in [0.5, 0.6) is 0 Å². The van der Waals surface area contributed by atoms with Crippen LogP contribution in [0.4, 0.5) is 0 Å². The Morgan fingerprint density at radius 2 is 2.21 bits per heavy atom. The number of aromatic nitrogens is 3. The second-order valence-electron chi connectivity index (χ2n) is 2.87. The van der Waals surface area contributed by atoms with Crippen molar-refractivity contribution in [3.8, 4) is 5.69 Å². The third-order valence-electron chi connectivity index (χ3n) is 1.79. The summed E-state index contributed by atoms with van der Waals surface area (Å²) in [5, 5.41) is 4.90. The molecule has 0 aliphatic rings. The van der Waals surface area contributed by atoms with Crippen molar-refractivity contribution in [3.05, 3.63) is 39.8 Å². The largest absolute Gasteiger partial charge is 0.261 e. The topological polar surface area (TPSA) is 30.7 Å². The van der Waals surface area contributed by atoms with E-state index in [2.05, 4.69) is 26.0 Å². The highest BCUT2D eigenvalue weighted by Gasteiger charge is 2.03. The van der Waals surface area contributed by atoms with Crippen LogP contribution in [0.15, 0.2) is 29.1 Å². The molecule has 72 valence electrons. The Labute approximate surface area is 94.9 Å². The Morgan fingerprint density at radius 1 is 1.43 bits per heavy atom. The monoisotopic (exact) mass is 271 g/mol. The number of pyridine rings is 1. The summed E-state index contributed by atoms with van der Waals surface area (Å²) in [5.41, 5.74) is 1.70. The number of halogens is 2. The molecule has 0 spiro atoms. The molecule has 0 bridgehead atoms. The van der Waals surface area contributed by atoms with Crippen LogP contribution in [-0.2, 0) is 0 Å². The third kappa shape index (κ3) is 1.81. The van der Waals surface area contributed by atoms with Crippen molar-refractivity contribution in [2.45, 2.75) is 6.92 Å². The molecule has 0 radical (unpaired) electrons. The van der Waals surface area contributed by atoms with Crippen molar-refractivity contribution in [1.82, 2.24) is 14.8 Å². The van der Waals surface area contributed by atoms with E-state index in [-0.39, 0.29) is 0 Å². The molecule has 0 saturated carbocycles. The van der Waals surface area contributed by atoms with Gasteiger partial charge in [-0.15, -0.1) is 0 Å². The van der Waals surface area contributed by atoms with Gasteiger partial charge in [0.15, 0.2) is 0 Å². The van der Waals surface area contributed by atoms with Crippen LogP contribution in [0.2, 0.25) is 5.02 Å². The molecule has 2 aromatic rings. The van der Waals surface area contributed by atoms with Crippen molar-refractivity contribution < 1.29 is 0 Å². The molecule has 0 unspecified atom stereocenters. The van der Waals surface area contributed by atoms with Crippen LogP contribution in [0.1, 0.15) is 5.69 Å². The van der Waals surface area contributed by atoms with E-state index in [0.717, 1.165) is 15.9 Å². The third-order valence-corrected chi connectivity index (χ3v) is 2.60. The fourth-order valence-corrected chi connectivity index (χ4v) is 1.58. The quantitative estimate of drug-likeness (QED) is 0.799. The zero-order valence-electron chi connectivity index (χ0n) is 7.41. The van der Waals surface area contributed by atoms with E-state index in [4.69, 9.17) is 11.6 Å². The molecule has 2 aromatic heterocycles. The lowest BCUT2D eigenvalue weighted by molar-refractivity contribution is 0.856. The first-order valence-corrected chi connectivity index (χ1v) is 5.16. The average molecular weight is 273 g/mol. The molecule has 5 heteroatoms. The van der Waals surface area contributed by atoms with E-state index in [9.17, 15) is 0 Å². The van der Waals surface area contributed by atoms with Crippen molar-refractivity contribution in [2.24, 2.45) is 0 Å². The van der Waals surface area contributed by atoms with E-state index in [1.807, 2.05) is 13.0 Å². The van der Waals surface area contributed by atoms with Gasteiger partial charge in [0.1, 0.15) is 0 Å². The van der Waals surface area contributed by atoms with Crippen LogP contribution in [0.3, 0.4) is 0 Å². The number of aryl methyl sites for hydroxylation is 1. The average Bonchev–Trinajstić information content (AvgIpc) is 2.47. The van der Waals surface area contributed by atoms with Crippen LogP contribution >= 0.6 is 27.5 Å². The van der Waals surface area contributed by atoms with Gasteiger partial charge in [-0.1, -0.05) is 11.6 Å². The van der Waals surface area contributed by atoms with Crippen molar-refractivity contribution in [2.75, 3.05) is 0 Å². The maximum Gasteiger partial charge on any atom is 0.0840 e. The number of hydrogen-bond acceptors (Lipinski definition) is 2. The second kappa shape index (κ2) is 3.71. The highest BCUT2D eigenvalue weighted by atomic mass is 79.9. The van der Waals surface area contributed by atoms with Crippen LogP contribution in [-0.4, -0.2) is 14.8 Å². The fourth-order valence-electron chi connectivity index (χ4n) is 1.10. The summed E-state index contributed by atoms with van der Waals surface area (Å²) in [7, 11) is 0. The van der Waals surface area contributed by atoms with Gasteiger partial charge in [-0.3, -0.25) is 4.98 Å². The molecular formula is C9H7BrClN3. The maximum atomic E-state index is 5.90. The standard InChI is InChI=1S/C9H7BrClN3/c1-6-9(11)5-14(13-6)8-2-7(10)3-12-4-8/h2-5H,1H3. The Morgan fingerprint density at radius 3 is 2.79 bits per heavy atom. The molecule has 2 rings (SSSR count). The molecule has 3 nitrogen and oxygen atoms in total. The first kappa shape index (κ1) is 9.68. The van der Waals surface area contributed by atoms with Gasteiger partial charge in [0.05, 0.1) is 22.6 Å². The van der Waals surface area contributed by atoms with E-state index < -0.39 is 0 Å². The molecule has 0 fully saturated rings. The van der Waals surface area contributed by atoms with Crippen molar-refractivity contribution >= 4 is 27.5 Å². The molecule has 0 aromatic carbocycles. The minimum Gasteiger partial charge on any atom is -0.261 e. The van der Waals surface area contributed by atoms with E-state index >= 15 is 0 Å². The van der Waals surface area contributed by atoms with Crippen LogP contribution in [0, 0.1) is 6.92 Å². The highest BCUT2D eigenvalue weighted by molar-refractivity contribution is 9.10. The van der Waals surface area contributed by atoms with Gasteiger partial charge in [-0.2, -0.15) is 5.10 Å². The Kier molecular flexibility index (Phi) is 2.56. The van der Waals surface area contributed by atoms with Gasteiger partial charge in [0.2, 0.25) is 0 Å². The van der Waals surface area contributed by atoms with Crippen LogP contribution in [0.25, 0.3) is 5.69 Å². The summed E-state index contributed by atoms with van der Waals surface area (Å²) in [5.74, 6) is 0. The lowest BCUT2D eigenvalue weighted by Crippen LogP contribution is -1.95. The van der Waals surface area contributed by atoms with E-state index in [1.165, 1.54) is 0 Å². The SMILES string of the molecule is Cc1nn(-c2cncc(Br)c2)cc1Cl. The highest BCUT2D eigenvalue weighted by Crippen LogP contribution is 2.17. The first-order chi connectivity index (χ1) is 6.66. The molecule has 0 saturated heterocycles. The van der Waals surface area contributed by atoms with E-state index in [1.54, 1.807) is 23.3 Å². The molecule has 0 N–H and O–H groups in total. The Hall–Kier alpha value is -0.870. The Bertz CT molecular complexity index is 447. The zero-order valence-corrected chi connectivity index (χ0v) is 9.75. The number of nitrogens with zero attached hydrogens (tertiary/aromatic N) is 3. The molecule has 14 heavy (non-hydrogen) atoms. The normalized spacial score (nSPS) is 10.5. The van der Waals surface area contributed by atoms with Gasteiger partial charge in [-0.05, 0) is 28.9 Å². The van der Waals surface area contributed by atoms with Gasteiger partial charge in [0, 0.05) is 16.9 Å².